The van der Waals surface area contributed by atoms with Crippen molar-refractivity contribution in [1.82, 2.24) is 15.1 Å². The van der Waals surface area contributed by atoms with Crippen LogP contribution in [0.1, 0.15) is 53.7 Å². The van der Waals surface area contributed by atoms with Crippen LogP contribution in [0.5, 0.6) is 0 Å². The van der Waals surface area contributed by atoms with Gasteiger partial charge in [0.25, 0.3) is 5.91 Å². The van der Waals surface area contributed by atoms with Crippen LogP contribution in [0.25, 0.3) is 0 Å². The first-order chi connectivity index (χ1) is 13.0. The van der Waals surface area contributed by atoms with E-state index >= 15 is 0 Å². The highest BCUT2D eigenvalue weighted by Gasteiger charge is 2.38. The van der Waals surface area contributed by atoms with Gasteiger partial charge in [-0.2, -0.15) is 5.10 Å². The van der Waals surface area contributed by atoms with Gasteiger partial charge in [0.1, 0.15) is 11.0 Å². The predicted molar refractivity (Wildman–Crippen MR) is 103 cm³/mol. The van der Waals surface area contributed by atoms with Crippen molar-refractivity contribution in [2.24, 2.45) is 17.8 Å². The molecule has 0 aliphatic heterocycles. The average molecular weight is 390 g/mol. The molecule has 0 unspecified atom stereocenters. The Morgan fingerprint density at radius 2 is 2.07 bits per heavy atom. The summed E-state index contributed by atoms with van der Waals surface area (Å²) in [5, 5.41) is 7.75. The molecule has 2 aliphatic carbocycles. The fourth-order valence-electron chi connectivity index (χ4n) is 4.87. The van der Waals surface area contributed by atoms with E-state index in [1.807, 2.05) is 0 Å². The number of hydrogen-bond donors (Lipinski definition) is 1. The van der Waals surface area contributed by atoms with Gasteiger partial charge in [-0.1, -0.05) is 30.2 Å². The Hall–Kier alpha value is -1.88. The zero-order valence-corrected chi connectivity index (χ0v) is 16.3. The molecule has 1 aromatic carbocycles. The minimum atomic E-state index is -0.281. The van der Waals surface area contributed by atoms with Crippen LogP contribution in [-0.4, -0.2) is 22.2 Å². The monoisotopic (exact) mass is 389 g/mol. The molecule has 2 aromatic rings. The van der Waals surface area contributed by atoms with Gasteiger partial charge < -0.3 is 5.32 Å². The molecule has 1 N–H and O–H groups in total. The molecule has 0 radical (unpaired) electrons. The number of hydrogen-bond acceptors (Lipinski definition) is 2. The fourth-order valence-corrected chi connectivity index (χ4v) is 5.19. The Balaban J connectivity index is 1.37. The van der Waals surface area contributed by atoms with Crippen molar-refractivity contribution < 1.29 is 9.18 Å². The molecular weight excluding hydrogens is 365 g/mol. The van der Waals surface area contributed by atoms with Gasteiger partial charge in [-0.3, -0.25) is 4.79 Å². The SMILES string of the molecule is Cc1nn(Cc2ccc(F)cc2)c(Cl)c1C(=O)NCC[C@@H]1C[C@H]2CC[C@H]1C2. The van der Waals surface area contributed by atoms with Gasteiger partial charge in [-0.25, -0.2) is 9.07 Å². The highest BCUT2D eigenvalue weighted by molar-refractivity contribution is 6.33. The average Bonchev–Trinajstić information content (AvgIpc) is 3.32. The molecule has 6 heteroatoms. The van der Waals surface area contributed by atoms with Crippen LogP contribution in [-0.2, 0) is 6.54 Å². The second kappa shape index (κ2) is 7.63. The molecule has 2 aliphatic rings. The van der Waals surface area contributed by atoms with E-state index in [4.69, 9.17) is 11.6 Å². The van der Waals surface area contributed by atoms with E-state index in [2.05, 4.69) is 10.4 Å². The highest BCUT2D eigenvalue weighted by atomic mass is 35.5. The van der Waals surface area contributed by atoms with Crippen molar-refractivity contribution in [3.05, 3.63) is 52.1 Å². The molecule has 0 saturated heterocycles. The lowest BCUT2D eigenvalue weighted by atomic mass is 9.86. The number of benzene rings is 1. The summed E-state index contributed by atoms with van der Waals surface area (Å²) < 4.78 is 14.6. The Labute approximate surface area is 164 Å². The Kier molecular flexibility index (Phi) is 5.22. The lowest BCUT2D eigenvalue weighted by Gasteiger charge is -2.21. The quantitative estimate of drug-likeness (QED) is 0.785. The van der Waals surface area contributed by atoms with Crippen molar-refractivity contribution in [1.29, 1.82) is 0 Å². The van der Waals surface area contributed by atoms with Crippen molar-refractivity contribution in [2.75, 3.05) is 6.54 Å². The van der Waals surface area contributed by atoms with E-state index in [9.17, 15) is 9.18 Å². The van der Waals surface area contributed by atoms with E-state index in [0.29, 0.717) is 29.5 Å². The molecule has 4 rings (SSSR count). The maximum absolute atomic E-state index is 13.1. The van der Waals surface area contributed by atoms with Gasteiger partial charge in [-0.15, -0.1) is 0 Å². The number of fused-ring (bicyclic) bond motifs is 2. The van der Waals surface area contributed by atoms with Gasteiger partial charge in [-0.05, 0) is 68.1 Å². The first kappa shape index (κ1) is 18.5. The summed E-state index contributed by atoms with van der Waals surface area (Å²) in [6.45, 7) is 2.88. The molecule has 2 fully saturated rings. The molecule has 3 atom stereocenters. The zero-order valence-electron chi connectivity index (χ0n) is 15.5. The molecule has 1 amide bonds. The van der Waals surface area contributed by atoms with Crippen LogP contribution in [0.2, 0.25) is 5.15 Å². The van der Waals surface area contributed by atoms with Crippen molar-refractivity contribution in [3.8, 4) is 0 Å². The topological polar surface area (TPSA) is 46.9 Å². The Morgan fingerprint density at radius 3 is 2.74 bits per heavy atom. The number of aromatic nitrogens is 2. The summed E-state index contributed by atoms with van der Waals surface area (Å²) in [6, 6.07) is 6.20. The molecule has 1 aromatic heterocycles. The minimum Gasteiger partial charge on any atom is -0.352 e. The summed E-state index contributed by atoms with van der Waals surface area (Å²) >= 11 is 6.43. The van der Waals surface area contributed by atoms with Crippen molar-refractivity contribution in [3.63, 3.8) is 0 Å². The van der Waals surface area contributed by atoms with E-state index in [1.165, 1.54) is 37.8 Å². The van der Waals surface area contributed by atoms with Crippen molar-refractivity contribution in [2.45, 2.75) is 45.6 Å². The van der Waals surface area contributed by atoms with Gasteiger partial charge in [0.15, 0.2) is 0 Å². The minimum absolute atomic E-state index is 0.161. The van der Waals surface area contributed by atoms with Crippen LogP contribution in [0, 0.1) is 30.5 Å². The zero-order chi connectivity index (χ0) is 19.0. The third-order valence-corrected chi connectivity index (χ3v) is 6.61. The molecule has 2 bridgehead atoms. The molecule has 2 saturated carbocycles. The number of amides is 1. The molecule has 0 spiro atoms. The number of nitrogens with zero attached hydrogens (tertiary/aromatic N) is 2. The fraction of sp³-hybridized carbons (Fsp3) is 0.524. The van der Waals surface area contributed by atoms with Gasteiger partial charge in [0.05, 0.1) is 17.8 Å². The van der Waals surface area contributed by atoms with E-state index in [-0.39, 0.29) is 11.7 Å². The number of nitrogens with one attached hydrogen (secondary N) is 1. The van der Waals surface area contributed by atoms with Crippen LogP contribution in [0.3, 0.4) is 0 Å². The second-order valence-electron chi connectivity index (χ2n) is 8.01. The molecular formula is C21H25ClFN3O. The summed E-state index contributed by atoms with van der Waals surface area (Å²) in [5.41, 5.74) is 1.93. The molecule has 4 nitrogen and oxygen atoms in total. The largest absolute Gasteiger partial charge is 0.352 e. The van der Waals surface area contributed by atoms with E-state index < -0.39 is 0 Å². The van der Waals surface area contributed by atoms with Gasteiger partial charge in [0, 0.05) is 6.54 Å². The normalized spacial score (nSPS) is 23.7. The first-order valence-electron chi connectivity index (χ1n) is 9.77. The number of halogens is 2. The number of carbonyl (C=O) groups is 1. The van der Waals surface area contributed by atoms with Crippen molar-refractivity contribution >= 4 is 17.5 Å². The van der Waals surface area contributed by atoms with Crippen LogP contribution in [0.15, 0.2) is 24.3 Å². The van der Waals surface area contributed by atoms with Gasteiger partial charge in [0.2, 0.25) is 0 Å². The number of carbonyl (C=O) groups excluding carboxylic acids is 1. The smallest absolute Gasteiger partial charge is 0.256 e. The predicted octanol–water partition coefficient (Wildman–Crippen LogP) is 4.59. The Morgan fingerprint density at radius 1 is 1.30 bits per heavy atom. The standard InChI is InChI=1S/C21H25ClFN3O/c1-13-19(20(22)26(25-13)12-14-3-6-18(23)7-4-14)21(27)24-9-8-17-11-15-2-5-16(17)10-15/h3-4,6-7,15-17H,2,5,8-12H2,1H3,(H,24,27)/t15-,16-,17+/m0/s1. The third-order valence-electron chi connectivity index (χ3n) is 6.22. The maximum atomic E-state index is 13.1. The first-order valence-corrected chi connectivity index (χ1v) is 10.1. The molecule has 144 valence electrons. The van der Waals surface area contributed by atoms with Crippen LogP contribution in [0.4, 0.5) is 4.39 Å². The van der Waals surface area contributed by atoms with Crippen LogP contribution >= 0.6 is 11.6 Å². The second-order valence-corrected chi connectivity index (χ2v) is 8.37. The lowest BCUT2D eigenvalue weighted by molar-refractivity contribution is 0.0949. The summed E-state index contributed by atoms with van der Waals surface area (Å²) in [5.74, 6) is 2.12. The number of aryl methyl sites for hydroxylation is 1. The van der Waals surface area contributed by atoms with E-state index in [1.54, 1.807) is 23.7 Å². The summed E-state index contributed by atoms with van der Waals surface area (Å²) in [4.78, 5) is 12.6. The molecule has 1 heterocycles. The third kappa shape index (κ3) is 3.88. The van der Waals surface area contributed by atoms with E-state index in [0.717, 1.165) is 29.7 Å². The molecule has 27 heavy (non-hydrogen) atoms. The lowest BCUT2D eigenvalue weighted by Crippen LogP contribution is -2.27. The van der Waals surface area contributed by atoms with Crippen LogP contribution < -0.4 is 5.32 Å². The summed E-state index contributed by atoms with van der Waals surface area (Å²) in [6.07, 6.45) is 6.53. The Bertz CT molecular complexity index is 833. The summed E-state index contributed by atoms with van der Waals surface area (Å²) in [7, 11) is 0. The number of rotatable bonds is 6. The van der Waals surface area contributed by atoms with Gasteiger partial charge >= 0.3 is 0 Å². The maximum Gasteiger partial charge on any atom is 0.256 e. The highest BCUT2D eigenvalue weighted by Crippen LogP contribution is 2.49.